The smallest absolute Gasteiger partial charge is 0.337 e. The largest absolute Gasteiger partial charge is 0.579 e. The summed E-state index contributed by atoms with van der Waals surface area (Å²) in [6.45, 7) is 2.61. The van der Waals surface area contributed by atoms with Gasteiger partial charge in [0.1, 0.15) is 11.5 Å². The number of aliphatic imine (C=N–C) groups is 1. The molecule has 0 aliphatic carbocycles. The third kappa shape index (κ3) is 3.20. The van der Waals surface area contributed by atoms with Crippen molar-refractivity contribution in [3.05, 3.63) is 27.9 Å². The number of aromatic nitrogens is 1. The van der Waals surface area contributed by atoms with E-state index in [1.807, 2.05) is 14.6 Å². The molecule has 1 N–H and O–H groups in total. The Morgan fingerprint density at radius 3 is 3.00 bits per heavy atom. The van der Waals surface area contributed by atoms with Crippen molar-refractivity contribution in [1.82, 2.24) is 18.9 Å². The minimum absolute atomic E-state index is 0.0145. The number of carbonyl (C=O) groups is 1. The van der Waals surface area contributed by atoms with Crippen LogP contribution in [0.15, 0.2) is 27.8 Å². The summed E-state index contributed by atoms with van der Waals surface area (Å²) in [7, 11) is 1.38. The zero-order chi connectivity index (χ0) is 17.4. The van der Waals surface area contributed by atoms with Crippen LogP contribution in [0.4, 0.5) is 0 Å². The van der Waals surface area contributed by atoms with Crippen LogP contribution < -0.4 is 4.72 Å². The second-order valence-corrected chi connectivity index (χ2v) is 8.20. The highest BCUT2D eigenvalue weighted by molar-refractivity contribution is 7.87. The number of fused-ring (bicyclic) bond motifs is 1. The maximum absolute atomic E-state index is 12.3. The Morgan fingerprint density at radius 2 is 2.36 bits per heavy atom. The maximum atomic E-state index is 12.3. The summed E-state index contributed by atoms with van der Waals surface area (Å²) in [6, 6.07) is -0.0145. The zero-order valence-corrected chi connectivity index (χ0v) is 15.4. The molecule has 4 heterocycles. The van der Waals surface area contributed by atoms with Gasteiger partial charge < -0.3 is 14.2 Å². The average molecular weight is 381 g/mol. The van der Waals surface area contributed by atoms with Gasteiger partial charge in [-0.3, -0.25) is 4.99 Å². The van der Waals surface area contributed by atoms with Gasteiger partial charge in [-0.05, 0) is 6.42 Å². The fourth-order valence-electron chi connectivity index (χ4n) is 3.14. The van der Waals surface area contributed by atoms with Gasteiger partial charge in [0.15, 0.2) is 10.8 Å². The number of hydrogen-bond acceptors (Lipinski definition) is 9. The molecule has 2 saturated heterocycles. The number of methoxy groups -OCH3 is 1. The molecule has 4 rings (SSSR count). The summed E-state index contributed by atoms with van der Waals surface area (Å²) in [4.78, 5) is 23.0. The summed E-state index contributed by atoms with van der Waals surface area (Å²) in [6.07, 6.45) is 3.45. The van der Waals surface area contributed by atoms with E-state index < -0.39 is 11.5 Å². The van der Waals surface area contributed by atoms with Crippen molar-refractivity contribution in [2.45, 2.75) is 18.9 Å². The van der Waals surface area contributed by atoms with Gasteiger partial charge in [-0.1, -0.05) is 0 Å². The van der Waals surface area contributed by atoms with E-state index in [1.165, 1.54) is 18.4 Å². The normalized spacial score (nSPS) is 24.6. The lowest BCUT2D eigenvalue weighted by Crippen LogP contribution is -2.51. The first-order valence-corrected chi connectivity index (χ1v) is 10.1. The molecule has 0 spiro atoms. The van der Waals surface area contributed by atoms with E-state index in [9.17, 15) is 9.35 Å². The van der Waals surface area contributed by atoms with E-state index in [1.54, 1.807) is 6.20 Å². The number of nitrogens with one attached hydrogen (secondary N) is 1. The van der Waals surface area contributed by atoms with Crippen LogP contribution in [-0.2, 0) is 21.1 Å². The molecule has 3 aliphatic heterocycles. The first-order valence-electron chi connectivity index (χ1n) is 8.12. The number of thiazole rings is 1. The fourth-order valence-corrected chi connectivity index (χ4v) is 4.98. The molecule has 3 aliphatic rings. The van der Waals surface area contributed by atoms with Gasteiger partial charge in [0.25, 0.3) is 0 Å². The van der Waals surface area contributed by atoms with Gasteiger partial charge in [0, 0.05) is 43.3 Å². The van der Waals surface area contributed by atoms with Crippen LogP contribution in [-0.4, -0.2) is 69.9 Å². The quantitative estimate of drug-likeness (QED) is 0.578. The van der Waals surface area contributed by atoms with Gasteiger partial charge >= 0.3 is 5.97 Å². The van der Waals surface area contributed by atoms with Crippen LogP contribution in [0.5, 0.6) is 0 Å². The molecule has 0 saturated carbocycles. The number of rotatable bonds is 5. The Kier molecular flexibility index (Phi) is 4.78. The van der Waals surface area contributed by atoms with Crippen molar-refractivity contribution in [3.63, 3.8) is 0 Å². The van der Waals surface area contributed by atoms with Gasteiger partial charge in [0.05, 0.1) is 25.3 Å². The van der Waals surface area contributed by atoms with E-state index in [4.69, 9.17) is 4.74 Å². The average Bonchev–Trinajstić information content (AvgIpc) is 3.20. The van der Waals surface area contributed by atoms with E-state index in [2.05, 4.69) is 14.7 Å². The Hall–Kier alpha value is -1.46. The Bertz CT molecular complexity index is 717. The molecule has 10 heteroatoms. The molecule has 0 radical (unpaired) electrons. The maximum Gasteiger partial charge on any atom is 0.337 e. The molecule has 0 aromatic carbocycles. The lowest BCUT2D eigenvalue weighted by Gasteiger charge is -2.31. The van der Waals surface area contributed by atoms with E-state index >= 15 is 0 Å². The molecule has 25 heavy (non-hydrogen) atoms. The van der Waals surface area contributed by atoms with Crippen LogP contribution in [0.25, 0.3) is 0 Å². The first-order chi connectivity index (χ1) is 12.2. The van der Waals surface area contributed by atoms with Crippen LogP contribution >= 0.6 is 11.3 Å². The number of hydrogen-bond donors (Lipinski definition) is 1. The van der Waals surface area contributed by atoms with Gasteiger partial charge in [-0.25, -0.2) is 9.78 Å². The minimum atomic E-state index is -1.19. The number of amidine groups is 1. The summed E-state index contributed by atoms with van der Waals surface area (Å²) in [5, 5.41) is 2.73. The fraction of sp³-hybridized carbons (Fsp3) is 0.533. The van der Waals surface area contributed by atoms with E-state index in [0.717, 1.165) is 36.1 Å². The molecular weight excluding hydrogens is 362 g/mol. The summed E-state index contributed by atoms with van der Waals surface area (Å²) in [5.74, 6) is 0.420. The Morgan fingerprint density at radius 1 is 1.52 bits per heavy atom. The molecule has 134 valence electrons. The molecule has 0 bridgehead atoms. The van der Waals surface area contributed by atoms with Crippen molar-refractivity contribution >= 4 is 34.7 Å². The monoisotopic (exact) mass is 381 g/mol. The summed E-state index contributed by atoms with van der Waals surface area (Å²) < 4.78 is 22.3. The number of nitrogens with zero attached hydrogens (tertiary/aromatic N) is 4. The Labute approximate surface area is 153 Å². The number of carbonyl (C=O) groups excluding carboxylic acids is 1. The highest BCUT2D eigenvalue weighted by Crippen LogP contribution is 2.32. The van der Waals surface area contributed by atoms with Gasteiger partial charge in [-0.2, -0.15) is 0 Å². The molecule has 2 atom stereocenters. The third-order valence-corrected chi connectivity index (χ3v) is 6.67. The summed E-state index contributed by atoms with van der Waals surface area (Å²) >= 11 is 0.328. The topological polar surface area (TPSA) is 93.1 Å². The second-order valence-electron chi connectivity index (χ2n) is 6.06. The van der Waals surface area contributed by atoms with Crippen LogP contribution in [0.2, 0.25) is 0 Å². The summed E-state index contributed by atoms with van der Waals surface area (Å²) in [5.41, 5.74) is 1.46. The van der Waals surface area contributed by atoms with Crippen LogP contribution in [0.1, 0.15) is 17.8 Å². The van der Waals surface area contributed by atoms with Crippen molar-refractivity contribution < 1.29 is 14.1 Å². The lowest BCUT2D eigenvalue weighted by atomic mass is 10.1. The lowest BCUT2D eigenvalue weighted by molar-refractivity contribution is -0.136. The molecule has 1 aromatic rings. The standard InChI is InChI=1S/C15H19N5O3S2/c1-23-15(21)11-8-17-13(14-16-3-6-24-14)20-9-10(7-12(11)20)18-25(22)19-4-2-5-19/h3,6,10,18H,2,4-5,7-9H2,1H3. The van der Waals surface area contributed by atoms with Crippen LogP contribution in [0, 0.1) is 0 Å². The molecule has 2 fully saturated rings. The SMILES string of the molecule is COC(=O)C1=C2CC(N[S+]([O-])N3CCC3)CN2C(c2nccs2)=NC1. The number of esters is 1. The molecule has 2 unspecified atom stereocenters. The molecular formula is C15H19N5O3S2. The number of ether oxygens (including phenoxy) is 1. The highest BCUT2D eigenvalue weighted by Gasteiger charge is 2.40. The predicted octanol–water partition coefficient (Wildman–Crippen LogP) is 0.279. The third-order valence-electron chi connectivity index (χ3n) is 4.53. The van der Waals surface area contributed by atoms with Crippen molar-refractivity contribution in [2.24, 2.45) is 4.99 Å². The van der Waals surface area contributed by atoms with Gasteiger partial charge in [0.2, 0.25) is 0 Å². The second kappa shape index (κ2) is 7.04. The highest BCUT2D eigenvalue weighted by atomic mass is 32.2. The van der Waals surface area contributed by atoms with Crippen LogP contribution in [0.3, 0.4) is 0 Å². The van der Waals surface area contributed by atoms with Crippen molar-refractivity contribution in [1.29, 1.82) is 0 Å². The first kappa shape index (κ1) is 17.0. The van der Waals surface area contributed by atoms with Gasteiger partial charge in [-0.15, -0.1) is 20.4 Å². The zero-order valence-electron chi connectivity index (χ0n) is 13.8. The van der Waals surface area contributed by atoms with Crippen molar-refractivity contribution in [2.75, 3.05) is 33.3 Å². The van der Waals surface area contributed by atoms with E-state index in [0.29, 0.717) is 18.5 Å². The Balaban J connectivity index is 1.57. The molecule has 0 amide bonds. The molecule has 8 nitrogen and oxygen atoms in total. The van der Waals surface area contributed by atoms with Crippen molar-refractivity contribution in [3.8, 4) is 0 Å². The molecule has 1 aromatic heterocycles. The predicted molar refractivity (Wildman–Crippen MR) is 95.1 cm³/mol. The minimum Gasteiger partial charge on any atom is -0.579 e. The van der Waals surface area contributed by atoms with E-state index in [-0.39, 0.29) is 18.6 Å².